The molecule has 7 heteroatoms. The van der Waals surface area contributed by atoms with Crippen LogP contribution in [-0.2, 0) is 14.3 Å². The Labute approximate surface area is 186 Å². The van der Waals surface area contributed by atoms with Gasteiger partial charge in [-0.3, -0.25) is 9.59 Å². The van der Waals surface area contributed by atoms with Crippen LogP contribution in [0.3, 0.4) is 0 Å². The fraction of sp³-hybridized carbons (Fsp3) is 0.458. The van der Waals surface area contributed by atoms with Crippen molar-refractivity contribution < 1.29 is 18.7 Å². The number of ether oxygens (including phenoxy) is 1. The number of esters is 1. The van der Waals surface area contributed by atoms with E-state index in [1.807, 2.05) is 18.2 Å². The highest BCUT2D eigenvalue weighted by Gasteiger charge is 2.41. The maximum atomic E-state index is 12.9. The van der Waals surface area contributed by atoms with E-state index in [1.54, 1.807) is 24.5 Å². The lowest BCUT2D eigenvalue weighted by atomic mass is 9.86. The third kappa shape index (κ3) is 4.26. The van der Waals surface area contributed by atoms with E-state index < -0.39 is 0 Å². The summed E-state index contributed by atoms with van der Waals surface area (Å²) >= 11 is 5.99. The van der Waals surface area contributed by atoms with Gasteiger partial charge in [0, 0.05) is 17.9 Å². The van der Waals surface area contributed by atoms with Crippen LogP contribution >= 0.6 is 11.6 Å². The Balaban J connectivity index is 1.24. The minimum atomic E-state index is -0.363. The number of rotatable bonds is 6. The minimum Gasteiger partial charge on any atom is -0.467 e. The first kappa shape index (κ1) is 20.3. The number of hydrazone groups is 1. The molecule has 6 nitrogen and oxygen atoms in total. The summed E-state index contributed by atoms with van der Waals surface area (Å²) in [4.78, 5) is 25.3. The molecular formula is C24H25ClN2O4. The molecule has 4 atom stereocenters. The molecule has 1 amide bonds. The zero-order chi connectivity index (χ0) is 21.4. The molecule has 1 aliphatic heterocycles. The van der Waals surface area contributed by atoms with Crippen LogP contribution < -0.4 is 0 Å². The SMILES string of the molecule is O=C(C[C@H]1C[C@@H]2CC[C@@H]1C2)OCC(=O)N1N=C(c2ccc(Cl)cc2)C[C@@H]1c1ccco1. The largest absolute Gasteiger partial charge is 0.467 e. The van der Waals surface area contributed by atoms with Gasteiger partial charge in [-0.1, -0.05) is 30.2 Å². The second kappa shape index (κ2) is 8.50. The molecule has 31 heavy (non-hydrogen) atoms. The van der Waals surface area contributed by atoms with Gasteiger partial charge >= 0.3 is 5.97 Å². The molecule has 0 N–H and O–H groups in total. The van der Waals surface area contributed by atoms with Crippen molar-refractivity contribution in [3.05, 3.63) is 59.0 Å². The lowest BCUT2D eigenvalue weighted by molar-refractivity contribution is -0.154. The molecule has 0 spiro atoms. The zero-order valence-corrected chi connectivity index (χ0v) is 18.0. The molecule has 0 radical (unpaired) electrons. The summed E-state index contributed by atoms with van der Waals surface area (Å²) in [5.41, 5.74) is 1.66. The van der Waals surface area contributed by atoms with E-state index in [0.29, 0.717) is 35.5 Å². The summed E-state index contributed by atoms with van der Waals surface area (Å²) in [7, 11) is 0. The van der Waals surface area contributed by atoms with Crippen molar-refractivity contribution in [3.63, 3.8) is 0 Å². The first-order valence-corrected chi connectivity index (χ1v) is 11.3. The van der Waals surface area contributed by atoms with Crippen molar-refractivity contribution in [1.82, 2.24) is 5.01 Å². The Bertz CT molecular complexity index is 986. The number of furan rings is 1. The number of carbonyl (C=O) groups is 2. The number of hydrogen-bond donors (Lipinski definition) is 0. The first-order chi connectivity index (χ1) is 15.1. The van der Waals surface area contributed by atoms with Gasteiger partial charge in [0.2, 0.25) is 0 Å². The molecule has 2 fully saturated rings. The van der Waals surface area contributed by atoms with Crippen molar-refractivity contribution in [2.24, 2.45) is 22.9 Å². The third-order valence-electron chi connectivity index (χ3n) is 6.88. The lowest BCUT2D eigenvalue weighted by Crippen LogP contribution is -2.31. The molecule has 5 rings (SSSR count). The highest BCUT2D eigenvalue weighted by Crippen LogP contribution is 2.49. The summed E-state index contributed by atoms with van der Waals surface area (Å²) in [6.07, 6.45) is 7.39. The Morgan fingerprint density at radius 3 is 2.68 bits per heavy atom. The van der Waals surface area contributed by atoms with Crippen LogP contribution in [0, 0.1) is 17.8 Å². The topological polar surface area (TPSA) is 72.1 Å². The van der Waals surface area contributed by atoms with Gasteiger partial charge in [0.05, 0.1) is 12.0 Å². The van der Waals surface area contributed by atoms with Crippen molar-refractivity contribution in [2.75, 3.05) is 6.61 Å². The number of benzene rings is 1. The standard InChI is InChI=1S/C24H25ClN2O4/c25-19-7-5-16(6-8-19)20-13-21(22-2-1-9-30-22)27(26-20)23(28)14-31-24(29)12-18-11-15-3-4-17(18)10-15/h1-2,5-9,15,17-18,21H,3-4,10-14H2/t15-,17-,18-,21-/m1/s1. The first-order valence-electron chi connectivity index (χ1n) is 10.9. The number of nitrogens with zero attached hydrogens (tertiary/aromatic N) is 2. The Hall–Kier alpha value is -2.60. The van der Waals surface area contributed by atoms with E-state index in [-0.39, 0.29) is 24.5 Å². The summed E-state index contributed by atoms with van der Waals surface area (Å²) in [6.45, 7) is -0.311. The van der Waals surface area contributed by atoms with Crippen molar-refractivity contribution in [1.29, 1.82) is 0 Å². The van der Waals surface area contributed by atoms with Crippen molar-refractivity contribution in [3.8, 4) is 0 Å². The van der Waals surface area contributed by atoms with Crippen LogP contribution in [0.2, 0.25) is 5.02 Å². The zero-order valence-electron chi connectivity index (χ0n) is 17.2. The van der Waals surface area contributed by atoms with Gasteiger partial charge in [0.25, 0.3) is 5.91 Å². The van der Waals surface area contributed by atoms with E-state index in [0.717, 1.165) is 23.6 Å². The predicted molar refractivity (Wildman–Crippen MR) is 115 cm³/mol. The van der Waals surface area contributed by atoms with Crippen LogP contribution in [-0.4, -0.2) is 29.2 Å². The molecule has 1 aromatic carbocycles. The molecule has 2 aliphatic carbocycles. The summed E-state index contributed by atoms with van der Waals surface area (Å²) in [6, 6.07) is 10.6. The number of halogens is 1. The maximum absolute atomic E-state index is 12.9. The second-order valence-electron chi connectivity index (χ2n) is 8.83. The number of amides is 1. The van der Waals surface area contributed by atoms with Gasteiger partial charge in [0.15, 0.2) is 6.61 Å². The highest BCUT2D eigenvalue weighted by molar-refractivity contribution is 6.30. The highest BCUT2D eigenvalue weighted by atomic mass is 35.5. The summed E-state index contributed by atoms with van der Waals surface area (Å²) < 4.78 is 10.9. The monoisotopic (exact) mass is 440 g/mol. The predicted octanol–water partition coefficient (Wildman–Crippen LogP) is 4.98. The molecule has 1 aromatic heterocycles. The van der Waals surface area contributed by atoms with Crippen molar-refractivity contribution in [2.45, 2.75) is 44.6 Å². The van der Waals surface area contributed by atoms with E-state index >= 15 is 0 Å². The van der Waals surface area contributed by atoms with E-state index in [9.17, 15) is 9.59 Å². The van der Waals surface area contributed by atoms with Crippen LogP contribution in [0.1, 0.15) is 55.9 Å². The molecule has 2 heterocycles. The molecule has 2 bridgehead atoms. The molecule has 0 saturated heterocycles. The van der Waals surface area contributed by atoms with Gasteiger partial charge < -0.3 is 9.15 Å². The maximum Gasteiger partial charge on any atom is 0.306 e. The fourth-order valence-electron chi connectivity index (χ4n) is 5.37. The second-order valence-corrected chi connectivity index (χ2v) is 9.26. The van der Waals surface area contributed by atoms with E-state index in [4.69, 9.17) is 20.8 Å². The fourth-order valence-corrected chi connectivity index (χ4v) is 5.49. The summed E-state index contributed by atoms with van der Waals surface area (Å²) in [5.74, 6) is 1.85. The summed E-state index contributed by atoms with van der Waals surface area (Å²) in [5, 5.41) is 6.57. The molecule has 2 saturated carbocycles. The van der Waals surface area contributed by atoms with E-state index in [2.05, 4.69) is 5.10 Å². The lowest BCUT2D eigenvalue weighted by Gasteiger charge is -2.21. The van der Waals surface area contributed by atoms with Crippen LogP contribution in [0.4, 0.5) is 0 Å². The van der Waals surface area contributed by atoms with Gasteiger partial charge in [-0.05, 0) is 66.8 Å². The number of carbonyl (C=O) groups excluding carboxylic acids is 2. The average Bonchev–Trinajstić information content (AvgIpc) is 3.56. The molecular weight excluding hydrogens is 416 g/mol. The Kier molecular flexibility index (Phi) is 5.57. The van der Waals surface area contributed by atoms with Gasteiger partial charge in [-0.15, -0.1) is 0 Å². The van der Waals surface area contributed by atoms with Crippen LogP contribution in [0.5, 0.6) is 0 Å². The minimum absolute atomic E-state index is 0.290. The molecule has 3 aliphatic rings. The van der Waals surface area contributed by atoms with Crippen LogP contribution in [0.15, 0.2) is 52.2 Å². The third-order valence-corrected chi connectivity index (χ3v) is 7.14. The smallest absolute Gasteiger partial charge is 0.306 e. The molecule has 162 valence electrons. The molecule has 2 aromatic rings. The Morgan fingerprint density at radius 1 is 1.16 bits per heavy atom. The number of hydrogen-bond acceptors (Lipinski definition) is 5. The van der Waals surface area contributed by atoms with Gasteiger partial charge in [-0.25, -0.2) is 5.01 Å². The Morgan fingerprint density at radius 2 is 2.00 bits per heavy atom. The number of fused-ring (bicyclic) bond motifs is 2. The van der Waals surface area contributed by atoms with Gasteiger partial charge in [0.1, 0.15) is 11.8 Å². The average molecular weight is 441 g/mol. The molecule has 0 unspecified atom stereocenters. The normalized spacial score (nSPS) is 26.9. The van der Waals surface area contributed by atoms with E-state index in [1.165, 1.54) is 24.3 Å². The quantitative estimate of drug-likeness (QED) is 0.594. The van der Waals surface area contributed by atoms with Gasteiger partial charge in [-0.2, -0.15) is 5.10 Å². The van der Waals surface area contributed by atoms with Crippen molar-refractivity contribution >= 4 is 29.2 Å². The van der Waals surface area contributed by atoms with Crippen LogP contribution in [0.25, 0.3) is 0 Å².